The van der Waals surface area contributed by atoms with Crippen LogP contribution in [0.15, 0.2) is 97.2 Å². The second kappa shape index (κ2) is 48.8. The lowest BCUT2D eigenvalue weighted by molar-refractivity contribution is 0.0135. The molecule has 10 aliphatic carbocycles. The maximum absolute atomic E-state index is 2.48. The predicted octanol–water partition coefficient (Wildman–Crippen LogP) is 37.2. The van der Waals surface area contributed by atoms with Crippen molar-refractivity contribution in [2.24, 2.45) is 173 Å². The van der Waals surface area contributed by atoms with Gasteiger partial charge in [0.1, 0.15) is 0 Å². The van der Waals surface area contributed by atoms with E-state index in [1.807, 2.05) is 0 Å². The maximum Gasteiger partial charge on any atom is 0.0113 e. The van der Waals surface area contributed by atoms with Gasteiger partial charge in [-0.15, -0.1) is 0 Å². The molecule has 0 nitrogen and oxygen atoms in total. The Labute approximate surface area is 702 Å². The van der Waals surface area contributed by atoms with Gasteiger partial charge in [-0.3, -0.25) is 0 Å². The van der Waals surface area contributed by atoms with Crippen LogP contribution in [0.25, 0.3) is 0 Å². The molecule has 0 N–H and O–H groups in total. The summed E-state index contributed by atoms with van der Waals surface area (Å²) in [6, 6.07) is 0. The molecule has 4 saturated carbocycles. The van der Waals surface area contributed by atoms with Gasteiger partial charge in [0.25, 0.3) is 0 Å². The molecule has 10 rings (SSSR count). The summed E-state index contributed by atoms with van der Waals surface area (Å²) < 4.78 is 0. The third-order valence-electron chi connectivity index (χ3n) is 34.9. The summed E-state index contributed by atoms with van der Waals surface area (Å²) in [7, 11) is 0. The van der Waals surface area contributed by atoms with Crippen molar-refractivity contribution < 1.29 is 0 Å². The number of hydrogen-bond acceptors (Lipinski definition) is 0. The van der Waals surface area contributed by atoms with Crippen LogP contribution in [0, 0.1) is 173 Å². The van der Waals surface area contributed by atoms with Crippen LogP contribution in [-0.2, 0) is 0 Å². The van der Waals surface area contributed by atoms with Crippen LogP contribution in [0.3, 0.4) is 0 Å². The van der Waals surface area contributed by atoms with Crippen molar-refractivity contribution in [3.8, 4) is 0 Å². The van der Waals surface area contributed by atoms with Crippen LogP contribution >= 0.6 is 0 Å². The molecular weight excluding hydrogens is 1330 g/mol. The van der Waals surface area contributed by atoms with Crippen LogP contribution in [0.4, 0.5) is 0 Å². The molecule has 0 saturated heterocycles. The van der Waals surface area contributed by atoms with E-state index in [-0.39, 0.29) is 0 Å². The molecule has 0 heteroatoms. The number of rotatable bonds is 20. The Kier molecular flexibility index (Phi) is 47.1. The Hall–Kier alpha value is -2.08. The number of hydrogen-bond donors (Lipinski definition) is 0. The summed E-state index contributed by atoms with van der Waals surface area (Å²) >= 11 is 0. The zero-order chi connectivity index (χ0) is 85.5. The molecule has 0 amide bonds. The van der Waals surface area contributed by atoms with E-state index in [4.69, 9.17) is 0 Å². The Morgan fingerprint density at radius 2 is 0.432 bits per heavy atom. The highest BCUT2D eigenvalue weighted by atomic mass is 14.5. The van der Waals surface area contributed by atoms with E-state index in [0.29, 0.717) is 55.2 Å². The monoisotopic (exact) mass is 1540 g/mol. The largest absolute Gasteiger partial charge is 0.0885 e. The van der Waals surface area contributed by atoms with Crippen LogP contribution < -0.4 is 0 Å². The van der Waals surface area contributed by atoms with Crippen molar-refractivity contribution in [3.05, 3.63) is 97.2 Å². The fraction of sp³-hybridized carbons (Fsp3) is 0.856. The van der Waals surface area contributed by atoms with Crippen LogP contribution in [0.1, 0.15) is 437 Å². The molecule has 0 aromatic carbocycles. The first-order chi connectivity index (χ1) is 51.4. The van der Waals surface area contributed by atoms with Crippen LogP contribution in [0.5, 0.6) is 0 Å². The topological polar surface area (TPSA) is 0 Å². The molecule has 0 aromatic heterocycles. The third kappa shape index (κ3) is 28.3. The average Bonchev–Trinajstić information content (AvgIpc) is 1.72. The molecular formula is C111H206. The average molecular weight is 1540 g/mol. The van der Waals surface area contributed by atoms with Crippen molar-refractivity contribution in [2.45, 2.75) is 437 Å². The molecule has 0 aromatic rings. The van der Waals surface area contributed by atoms with Crippen molar-refractivity contribution in [3.63, 3.8) is 0 Å². The molecule has 0 heterocycles. The Morgan fingerprint density at radius 1 is 0.153 bits per heavy atom. The molecule has 650 valence electrons. The SMILES string of the molecule is CC(C)C1(C(C)C)C=CC=C1.CC(C)C1(C(C)C)C=CC=CC1.CC(C)C1(C(C)C)C=CCC1.CC(C)C1(C(C)C)C=CCCC1.CC(C)C1(C(C)C)CC1.CC(C)C1(C(C)C)CC=CC1.CC(C)C1(C(C)C)CC=CCC1.CC(C)C1(C(C)C)CCC1.CC(C)C1(C(C)C)CCCC1.CC(C)C1(C(C)C)CCCCC1. The molecule has 0 atom stereocenters. The first-order valence-corrected chi connectivity index (χ1v) is 48.8. The van der Waals surface area contributed by atoms with Gasteiger partial charge in [0, 0.05) is 5.41 Å². The zero-order valence-corrected chi connectivity index (χ0v) is 83.5. The van der Waals surface area contributed by atoms with Crippen LogP contribution in [-0.4, -0.2) is 0 Å². The minimum Gasteiger partial charge on any atom is -0.0885 e. The van der Waals surface area contributed by atoms with Gasteiger partial charge in [-0.2, -0.15) is 0 Å². The number of allylic oxidation sites excluding steroid dienone is 16. The predicted molar refractivity (Wildman–Crippen MR) is 510 cm³/mol. The lowest BCUT2D eigenvalue weighted by Crippen LogP contribution is -2.39. The van der Waals surface area contributed by atoms with Crippen molar-refractivity contribution in [1.29, 1.82) is 0 Å². The van der Waals surface area contributed by atoms with Gasteiger partial charge in [-0.1, -0.05) is 413 Å². The van der Waals surface area contributed by atoms with Gasteiger partial charge in [-0.05, 0) is 289 Å². The van der Waals surface area contributed by atoms with Gasteiger partial charge in [-0.25, -0.2) is 0 Å². The fourth-order valence-electron chi connectivity index (χ4n) is 24.1. The van der Waals surface area contributed by atoms with Crippen molar-refractivity contribution >= 4 is 0 Å². The van der Waals surface area contributed by atoms with E-state index < -0.39 is 0 Å². The van der Waals surface area contributed by atoms with Crippen LogP contribution in [0.2, 0.25) is 0 Å². The highest BCUT2D eigenvalue weighted by Gasteiger charge is 2.48. The maximum atomic E-state index is 2.48. The first kappa shape index (κ1) is 107. The molecule has 0 unspecified atom stereocenters. The van der Waals surface area contributed by atoms with Gasteiger partial charge < -0.3 is 0 Å². The van der Waals surface area contributed by atoms with Gasteiger partial charge in [0.15, 0.2) is 0 Å². The second-order valence-electron chi connectivity index (χ2n) is 45.0. The standard InChI is InChI=1S/C12H24.2C12H22.C12H20.C11H22.2C11H20.C11H18.C10H20.C9H18/c4*1-10(2)12(11(3)4)8-6-5-7-9-12;4*1-9(2)11(10(3)4)7-5-6-8-11;1-8(2)10(9(3)4)6-5-7-10;1-7(2)9(5-6-9)8(3)4/h10-11H,5-9H2,1-4H3;6,8,10-11H,5,7,9H2,1-4H3;5-6,10-11H,7-9H2,1-4H3;5-8,10-11H,9H2,1-4H3;9-10H,5-8H2,1-4H3;5,7,9-10H,6,8H2,1-4H3;5-6,9-10H,7-8H2,1-4H3;5-10H,1-4H3;8-9H,5-7H2,1-4H3;7-8H,5-6H2,1-4H3. The first-order valence-electron chi connectivity index (χ1n) is 48.8. The third-order valence-corrected chi connectivity index (χ3v) is 34.9. The van der Waals surface area contributed by atoms with E-state index in [1.54, 1.807) is 0 Å². The highest BCUT2D eigenvalue weighted by Crippen LogP contribution is 2.58. The summed E-state index contributed by atoms with van der Waals surface area (Å²) in [5, 5.41) is 0. The Bertz CT molecular complexity index is 2530. The van der Waals surface area contributed by atoms with Gasteiger partial charge in [0.05, 0.1) is 0 Å². The molecule has 0 bridgehead atoms. The summed E-state index contributed by atoms with van der Waals surface area (Å²) in [6.45, 7) is 94.3. The molecule has 0 aliphatic heterocycles. The molecule has 10 aliphatic rings. The van der Waals surface area contributed by atoms with E-state index in [2.05, 4.69) is 374 Å². The fourth-order valence-corrected chi connectivity index (χ4v) is 24.1. The summed E-state index contributed by atoms with van der Waals surface area (Å²) in [4.78, 5) is 0. The lowest BCUT2D eigenvalue weighted by atomic mass is 9.56. The highest BCUT2D eigenvalue weighted by molar-refractivity contribution is 5.27. The van der Waals surface area contributed by atoms with Gasteiger partial charge >= 0.3 is 0 Å². The normalized spacial score (nSPS) is 22.3. The molecule has 0 spiro atoms. The lowest BCUT2D eigenvalue weighted by Gasteiger charge is -2.49. The van der Waals surface area contributed by atoms with Gasteiger partial charge in [0.2, 0.25) is 0 Å². The summed E-state index contributed by atoms with van der Waals surface area (Å²) in [5.74, 6) is 16.4. The van der Waals surface area contributed by atoms with E-state index in [1.165, 1.54) is 161 Å². The molecule has 4 fully saturated rings. The smallest absolute Gasteiger partial charge is 0.0113 e. The quantitative estimate of drug-likeness (QED) is 0.107. The molecule has 0 radical (unpaired) electrons. The molecule has 111 heavy (non-hydrogen) atoms. The van der Waals surface area contributed by atoms with E-state index >= 15 is 0 Å². The minimum absolute atomic E-state index is 0.333. The zero-order valence-electron chi connectivity index (χ0n) is 83.5. The Morgan fingerprint density at radius 3 is 0.604 bits per heavy atom. The van der Waals surface area contributed by atoms with Crippen molar-refractivity contribution in [1.82, 2.24) is 0 Å². The summed E-state index contributed by atoms with van der Waals surface area (Å²) in [6.07, 6.45) is 72.2. The summed E-state index contributed by atoms with van der Waals surface area (Å²) in [5.41, 5.74) is 5.78. The second-order valence-corrected chi connectivity index (χ2v) is 45.0. The Balaban J connectivity index is 0.000000617. The van der Waals surface area contributed by atoms with E-state index in [0.717, 1.165) is 117 Å². The van der Waals surface area contributed by atoms with Crippen molar-refractivity contribution in [2.75, 3.05) is 0 Å². The van der Waals surface area contributed by atoms with E-state index in [9.17, 15) is 0 Å². The minimum atomic E-state index is 0.333.